The van der Waals surface area contributed by atoms with Gasteiger partial charge in [0.15, 0.2) is 5.65 Å². The van der Waals surface area contributed by atoms with Gasteiger partial charge in [-0.2, -0.15) is 5.10 Å². The Kier molecular flexibility index (Phi) is 3.10. The molecule has 2 aromatic heterocycles. The van der Waals surface area contributed by atoms with Crippen molar-refractivity contribution >= 4 is 22.6 Å². The van der Waals surface area contributed by atoms with E-state index < -0.39 is 5.92 Å². The number of hydrogen-bond acceptors (Lipinski definition) is 4. The van der Waals surface area contributed by atoms with Crippen LogP contribution in [0.25, 0.3) is 11.0 Å². The number of hydrogen-bond donors (Lipinski definition) is 1. The van der Waals surface area contributed by atoms with E-state index >= 15 is 0 Å². The molecule has 7 heteroatoms. The lowest BCUT2D eigenvalue weighted by Gasteiger charge is -2.12. The van der Waals surface area contributed by atoms with E-state index in [9.17, 15) is 9.18 Å². The summed E-state index contributed by atoms with van der Waals surface area (Å²) in [5.74, 6) is -1.14. The largest absolute Gasteiger partial charge is 0.325 e. The SMILES string of the molecule is O=C1Nc2cc(F)ccc2C1c1ncnc2c1cnn2C1CCCC1. The number of nitrogens with zero attached hydrogens (tertiary/aromatic N) is 4. The maximum atomic E-state index is 13.5. The van der Waals surface area contributed by atoms with Crippen LogP contribution in [0.1, 0.15) is 48.9 Å². The first-order chi connectivity index (χ1) is 12.2. The molecule has 1 aliphatic heterocycles. The fourth-order valence-corrected chi connectivity index (χ4v) is 4.03. The summed E-state index contributed by atoms with van der Waals surface area (Å²) in [5.41, 5.74) is 2.63. The zero-order chi connectivity index (χ0) is 17.0. The number of halogens is 1. The first kappa shape index (κ1) is 14.5. The van der Waals surface area contributed by atoms with Crippen molar-refractivity contribution < 1.29 is 9.18 Å². The summed E-state index contributed by atoms with van der Waals surface area (Å²) in [7, 11) is 0. The number of fused-ring (bicyclic) bond motifs is 2. The molecule has 126 valence electrons. The van der Waals surface area contributed by atoms with Crippen molar-refractivity contribution in [1.29, 1.82) is 0 Å². The van der Waals surface area contributed by atoms with E-state index in [1.807, 2.05) is 4.68 Å². The molecule has 1 atom stereocenters. The van der Waals surface area contributed by atoms with E-state index in [2.05, 4.69) is 20.4 Å². The monoisotopic (exact) mass is 337 g/mol. The van der Waals surface area contributed by atoms with E-state index in [0.29, 0.717) is 17.4 Å². The van der Waals surface area contributed by atoms with E-state index in [4.69, 9.17) is 0 Å². The zero-order valence-electron chi connectivity index (χ0n) is 13.4. The summed E-state index contributed by atoms with van der Waals surface area (Å²) in [6.45, 7) is 0. The average Bonchev–Trinajstić information content (AvgIpc) is 3.31. The maximum Gasteiger partial charge on any atom is 0.238 e. The number of rotatable bonds is 2. The first-order valence-corrected chi connectivity index (χ1v) is 8.51. The molecular weight excluding hydrogens is 321 g/mol. The molecule has 2 aliphatic rings. The van der Waals surface area contributed by atoms with Gasteiger partial charge in [0.05, 0.1) is 23.3 Å². The summed E-state index contributed by atoms with van der Waals surface area (Å²) in [4.78, 5) is 21.3. The van der Waals surface area contributed by atoms with Crippen LogP contribution in [0.4, 0.5) is 10.1 Å². The van der Waals surface area contributed by atoms with Crippen molar-refractivity contribution in [3.63, 3.8) is 0 Å². The molecule has 3 aromatic rings. The van der Waals surface area contributed by atoms with Gasteiger partial charge in [-0.15, -0.1) is 0 Å². The van der Waals surface area contributed by atoms with Crippen molar-refractivity contribution in [3.05, 3.63) is 47.8 Å². The van der Waals surface area contributed by atoms with Crippen LogP contribution >= 0.6 is 0 Å². The summed E-state index contributed by atoms with van der Waals surface area (Å²) in [5, 5.41) is 8.06. The van der Waals surface area contributed by atoms with Gasteiger partial charge in [-0.3, -0.25) is 4.79 Å². The van der Waals surface area contributed by atoms with Gasteiger partial charge in [-0.25, -0.2) is 19.0 Å². The molecule has 1 N–H and O–H groups in total. The third-order valence-corrected chi connectivity index (χ3v) is 5.21. The Hall–Kier alpha value is -2.83. The lowest BCUT2D eigenvalue weighted by atomic mass is 9.95. The molecule has 1 saturated carbocycles. The highest BCUT2D eigenvalue weighted by molar-refractivity contribution is 6.06. The van der Waals surface area contributed by atoms with Gasteiger partial charge in [0.25, 0.3) is 0 Å². The molecule has 0 spiro atoms. The summed E-state index contributed by atoms with van der Waals surface area (Å²) >= 11 is 0. The summed E-state index contributed by atoms with van der Waals surface area (Å²) in [6, 6.07) is 4.71. The molecule has 5 rings (SSSR count). The number of carbonyl (C=O) groups excluding carboxylic acids is 1. The minimum atomic E-state index is -0.567. The highest BCUT2D eigenvalue weighted by Crippen LogP contribution is 2.39. The van der Waals surface area contributed by atoms with Crippen LogP contribution in [-0.2, 0) is 4.79 Å². The van der Waals surface area contributed by atoms with Crippen LogP contribution in [0.3, 0.4) is 0 Å². The molecule has 1 unspecified atom stereocenters. The molecule has 1 fully saturated rings. The van der Waals surface area contributed by atoms with Crippen LogP contribution in [0, 0.1) is 5.82 Å². The lowest BCUT2D eigenvalue weighted by Crippen LogP contribution is -2.15. The third-order valence-electron chi connectivity index (χ3n) is 5.21. The molecule has 1 aromatic carbocycles. The second-order valence-electron chi connectivity index (χ2n) is 6.68. The predicted molar refractivity (Wildman–Crippen MR) is 89.7 cm³/mol. The summed E-state index contributed by atoms with van der Waals surface area (Å²) < 4.78 is 15.4. The first-order valence-electron chi connectivity index (χ1n) is 8.51. The minimum Gasteiger partial charge on any atom is -0.325 e. The van der Waals surface area contributed by atoms with E-state index in [0.717, 1.165) is 29.4 Å². The predicted octanol–water partition coefficient (Wildman–Crippen LogP) is 3.16. The average molecular weight is 337 g/mol. The van der Waals surface area contributed by atoms with Crippen LogP contribution in [0.2, 0.25) is 0 Å². The zero-order valence-corrected chi connectivity index (χ0v) is 13.4. The normalized spacial score (nSPS) is 20.2. The topological polar surface area (TPSA) is 72.7 Å². The number of aromatic nitrogens is 4. The summed E-state index contributed by atoms with van der Waals surface area (Å²) in [6.07, 6.45) is 7.84. The van der Waals surface area contributed by atoms with Crippen LogP contribution in [-0.4, -0.2) is 25.7 Å². The highest BCUT2D eigenvalue weighted by atomic mass is 19.1. The smallest absolute Gasteiger partial charge is 0.238 e. The van der Waals surface area contributed by atoms with Gasteiger partial charge in [0, 0.05) is 5.69 Å². The fraction of sp³-hybridized carbons (Fsp3) is 0.333. The quantitative estimate of drug-likeness (QED) is 0.779. The Morgan fingerprint density at radius 2 is 2.04 bits per heavy atom. The number of nitrogens with one attached hydrogen (secondary N) is 1. The molecule has 1 aliphatic carbocycles. The molecule has 0 radical (unpaired) electrons. The van der Waals surface area contributed by atoms with Crippen molar-refractivity contribution in [2.24, 2.45) is 0 Å². The Balaban J connectivity index is 1.66. The number of anilines is 1. The second kappa shape index (κ2) is 5.34. The Morgan fingerprint density at radius 1 is 1.20 bits per heavy atom. The van der Waals surface area contributed by atoms with Crippen molar-refractivity contribution in [3.8, 4) is 0 Å². The molecule has 25 heavy (non-hydrogen) atoms. The van der Waals surface area contributed by atoms with E-state index in [-0.39, 0.29) is 11.7 Å². The van der Waals surface area contributed by atoms with E-state index in [1.54, 1.807) is 12.3 Å². The molecule has 6 nitrogen and oxygen atoms in total. The molecule has 0 saturated heterocycles. The Morgan fingerprint density at radius 3 is 2.88 bits per heavy atom. The van der Waals surface area contributed by atoms with E-state index in [1.165, 1.54) is 31.3 Å². The third kappa shape index (κ3) is 2.15. The molecule has 1 amide bonds. The van der Waals surface area contributed by atoms with Gasteiger partial charge >= 0.3 is 0 Å². The Bertz CT molecular complexity index is 992. The molecule has 3 heterocycles. The van der Waals surface area contributed by atoms with Crippen molar-refractivity contribution in [1.82, 2.24) is 19.7 Å². The van der Waals surface area contributed by atoms with Crippen molar-refractivity contribution in [2.75, 3.05) is 5.32 Å². The van der Waals surface area contributed by atoms with Gasteiger partial charge in [-0.1, -0.05) is 18.9 Å². The van der Waals surface area contributed by atoms with Crippen molar-refractivity contribution in [2.45, 2.75) is 37.6 Å². The molecule has 0 bridgehead atoms. The van der Waals surface area contributed by atoms with Crippen LogP contribution in [0.15, 0.2) is 30.7 Å². The lowest BCUT2D eigenvalue weighted by molar-refractivity contribution is -0.116. The second-order valence-corrected chi connectivity index (χ2v) is 6.68. The van der Waals surface area contributed by atoms with Crippen LogP contribution < -0.4 is 5.32 Å². The van der Waals surface area contributed by atoms with Gasteiger partial charge in [0.2, 0.25) is 5.91 Å². The van der Waals surface area contributed by atoms with Crippen LogP contribution in [0.5, 0.6) is 0 Å². The van der Waals surface area contributed by atoms with Gasteiger partial charge in [-0.05, 0) is 30.5 Å². The van der Waals surface area contributed by atoms with Gasteiger partial charge in [0.1, 0.15) is 18.1 Å². The number of benzene rings is 1. The maximum absolute atomic E-state index is 13.5. The highest BCUT2D eigenvalue weighted by Gasteiger charge is 2.35. The Labute approximate surface area is 143 Å². The fourth-order valence-electron chi connectivity index (χ4n) is 4.03. The standard InChI is InChI=1S/C18H16FN5O/c19-10-5-6-12-14(7-10)23-18(25)15(12)16-13-8-22-24(11-3-1-2-4-11)17(13)21-9-20-16/h5-9,11,15H,1-4H2,(H,23,25). The van der Waals surface area contributed by atoms with Gasteiger partial charge < -0.3 is 5.32 Å². The number of amides is 1. The number of carbonyl (C=O) groups is 1. The minimum absolute atomic E-state index is 0.200. The molecular formula is C18H16FN5O.